The Kier molecular flexibility index (Phi) is 6.49. The summed E-state index contributed by atoms with van der Waals surface area (Å²) in [5.41, 5.74) is 0.464. The monoisotopic (exact) mass is 342 g/mol. The highest BCUT2D eigenvalue weighted by atomic mass is 79.9. The summed E-state index contributed by atoms with van der Waals surface area (Å²) in [5, 5.41) is 12.5. The van der Waals surface area contributed by atoms with Gasteiger partial charge in [0.25, 0.3) is 5.91 Å². The molecule has 0 unspecified atom stereocenters. The Morgan fingerprint density at radius 2 is 1.90 bits per heavy atom. The molecule has 20 heavy (non-hydrogen) atoms. The highest BCUT2D eigenvalue weighted by Gasteiger charge is 2.13. The Bertz CT molecular complexity index is 453. The molecule has 5 heteroatoms. The number of hydrogen-bond donors (Lipinski definition) is 2. The van der Waals surface area contributed by atoms with Gasteiger partial charge in [0.15, 0.2) is 0 Å². The number of nitrogens with zero attached hydrogens (tertiary/aromatic N) is 1. The topological polar surface area (TPSA) is 52.6 Å². The van der Waals surface area contributed by atoms with Crippen LogP contribution in [-0.4, -0.2) is 41.1 Å². The zero-order chi connectivity index (χ0) is 15.3. The molecule has 1 rings (SSSR count). The van der Waals surface area contributed by atoms with E-state index in [2.05, 4.69) is 53.8 Å². The molecule has 0 saturated carbocycles. The van der Waals surface area contributed by atoms with Gasteiger partial charge >= 0.3 is 0 Å². The van der Waals surface area contributed by atoms with Crippen LogP contribution in [0.1, 0.15) is 38.1 Å². The van der Waals surface area contributed by atoms with Gasteiger partial charge in [-0.05, 0) is 61.8 Å². The number of carbonyl (C=O) groups is 1. The lowest BCUT2D eigenvalue weighted by Gasteiger charge is -2.30. The van der Waals surface area contributed by atoms with Crippen LogP contribution in [0.25, 0.3) is 0 Å². The Balaban J connectivity index is 2.53. The van der Waals surface area contributed by atoms with Crippen molar-refractivity contribution in [3.05, 3.63) is 28.2 Å². The summed E-state index contributed by atoms with van der Waals surface area (Å²) in [7, 11) is 0. The molecule has 0 aromatic heterocycles. The van der Waals surface area contributed by atoms with Gasteiger partial charge in [0.05, 0.1) is 4.47 Å². The van der Waals surface area contributed by atoms with Crippen LogP contribution in [0.5, 0.6) is 5.75 Å². The van der Waals surface area contributed by atoms with E-state index in [9.17, 15) is 9.90 Å². The maximum Gasteiger partial charge on any atom is 0.251 e. The first kappa shape index (κ1) is 17.0. The predicted molar refractivity (Wildman–Crippen MR) is 85.1 cm³/mol. The summed E-state index contributed by atoms with van der Waals surface area (Å²) in [4.78, 5) is 14.3. The van der Waals surface area contributed by atoms with Crippen molar-refractivity contribution in [1.29, 1.82) is 0 Å². The lowest BCUT2D eigenvalue weighted by molar-refractivity contribution is 0.0939. The molecule has 112 valence electrons. The Morgan fingerprint density at radius 3 is 2.40 bits per heavy atom. The number of nitrogens with one attached hydrogen (secondary N) is 1. The molecule has 1 amide bonds. The lowest BCUT2D eigenvalue weighted by atomic mass is 10.2. The third-order valence-electron chi connectivity index (χ3n) is 3.19. The summed E-state index contributed by atoms with van der Waals surface area (Å²) in [6.07, 6.45) is 0. The summed E-state index contributed by atoms with van der Waals surface area (Å²) in [6.45, 7) is 9.99. The van der Waals surface area contributed by atoms with Gasteiger partial charge in [-0.1, -0.05) is 0 Å². The van der Waals surface area contributed by atoms with Gasteiger partial charge in [-0.3, -0.25) is 9.69 Å². The van der Waals surface area contributed by atoms with E-state index in [-0.39, 0.29) is 11.7 Å². The van der Waals surface area contributed by atoms with E-state index < -0.39 is 0 Å². The molecule has 0 aliphatic heterocycles. The van der Waals surface area contributed by atoms with E-state index >= 15 is 0 Å². The fraction of sp³-hybridized carbons (Fsp3) is 0.533. The summed E-state index contributed by atoms with van der Waals surface area (Å²) < 4.78 is 0.583. The van der Waals surface area contributed by atoms with E-state index in [4.69, 9.17) is 0 Å². The van der Waals surface area contributed by atoms with Crippen LogP contribution in [0.15, 0.2) is 22.7 Å². The second-order valence-electron chi connectivity index (χ2n) is 5.35. The minimum Gasteiger partial charge on any atom is -0.507 e. The summed E-state index contributed by atoms with van der Waals surface area (Å²) in [6, 6.07) is 5.70. The molecule has 0 bridgehead atoms. The van der Waals surface area contributed by atoms with Gasteiger partial charge in [0.1, 0.15) is 5.75 Å². The minimum absolute atomic E-state index is 0.0728. The fourth-order valence-electron chi connectivity index (χ4n) is 2.17. The summed E-state index contributed by atoms with van der Waals surface area (Å²) in [5.74, 6) is -0.0936. The molecule has 0 spiro atoms. The average Bonchev–Trinajstić information content (AvgIpc) is 2.36. The van der Waals surface area contributed by atoms with Crippen LogP contribution in [0, 0.1) is 0 Å². The van der Waals surface area contributed by atoms with Gasteiger partial charge in [-0.15, -0.1) is 0 Å². The molecule has 0 saturated heterocycles. The molecule has 0 aliphatic carbocycles. The number of halogens is 1. The molecule has 0 radical (unpaired) electrons. The first-order valence-corrected chi connectivity index (χ1v) is 7.64. The predicted octanol–water partition coefficient (Wildman–Crippen LogP) is 3.00. The van der Waals surface area contributed by atoms with Gasteiger partial charge in [0, 0.05) is 30.7 Å². The van der Waals surface area contributed by atoms with Crippen LogP contribution in [0.4, 0.5) is 0 Å². The van der Waals surface area contributed by atoms with E-state index in [1.807, 2.05) is 0 Å². The zero-order valence-corrected chi connectivity index (χ0v) is 14.1. The van der Waals surface area contributed by atoms with E-state index in [1.54, 1.807) is 12.1 Å². The Hall–Kier alpha value is -1.07. The first-order chi connectivity index (χ1) is 9.32. The highest BCUT2D eigenvalue weighted by Crippen LogP contribution is 2.24. The standard InChI is InChI=1S/C15H23BrN2O2/c1-10(2)18(11(3)4)8-7-17-15(20)12-5-6-13(16)14(19)9-12/h5-6,9-11,19H,7-8H2,1-4H3,(H,17,20). The van der Waals surface area contributed by atoms with E-state index in [0.29, 0.717) is 28.7 Å². The quantitative estimate of drug-likeness (QED) is 0.835. The van der Waals surface area contributed by atoms with E-state index in [1.165, 1.54) is 6.07 Å². The van der Waals surface area contributed by atoms with Gasteiger partial charge in [-0.2, -0.15) is 0 Å². The molecule has 1 aromatic carbocycles. The summed E-state index contributed by atoms with van der Waals surface area (Å²) >= 11 is 3.19. The third-order valence-corrected chi connectivity index (χ3v) is 3.86. The van der Waals surface area contributed by atoms with Crippen molar-refractivity contribution in [2.45, 2.75) is 39.8 Å². The van der Waals surface area contributed by atoms with E-state index in [0.717, 1.165) is 6.54 Å². The number of phenols is 1. The largest absolute Gasteiger partial charge is 0.507 e. The number of amides is 1. The van der Waals surface area contributed by atoms with Crippen molar-refractivity contribution < 1.29 is 9.90 Å². The van der Waals surface area contributed by atoms with Crippen molar-refractivity contribution in [2.75, 3.05) is 13.1 Å². The van der Waals surface area contributed by atoms with Crippen molar-refractivity contribution in [1.82, 2.24) is 10.2 Å². The van der Waals surface area contributed by atoms with Crippen molar-refractivity contribution in [3.8, 4) is 5.75 Å². The minimum atomic E-state index is -0.166. The molecule has 0 fully saturated rings. The van der Waals surface area contributed by atoms with Gasteiger partial charge < -0.3 is 10.4 Å². The molecule has 0 atom stereocenters. The van der Waals surface area contributed by atoms with Crippen molar-refractivity contribution >= 4 is 21.8 Å². The third kappa shape index (κ3) is 4.80. The number of hydrogen-bond acceptors (Lipinski definition) is 3. The smallest absolute Gasteiger partial charge is 0.251 e. The molecular formula is C15H23BrN2O2. The normalized spacial score (nSPS) is 11.4. The average molecular weight is 343 g/mol. The Morgan fingerprint density at radius 1 is 1.30 bits per heavy atom. The molecular weight excluding hydrogens is 320 g/mol. The van der Waals surface area contributed by atoms with Crippen LogP contribution < -0.4 is 5.32 Å². The van der Waals surface area contributed by atoms with Crippen LogP contribution in [0.3, 0.4) is 0 Å². The fourth-order valence-corrected chi connectivity index (χ4v) is 2.41. The maximum absolute atomic E-state index is 12.0. The second kappa shape index (κ2) is 7.64. The first-order valence-electron chi connectivity index (χ1n) is 6.85. The van der Waals surface area contributed by atoms with Crippen molar-refractivity contribution in [3.63, 3.8) is 0 Å². The van der Waals surface area contributed by atoms with Gasteiger partial charge in [0.2, 0.25) is 0 Å². The molecule has 0 heterocycles. The van der Waals surface area contributed by atoms with Crippen LogP contribution in [-0.2, 0) is 0 Å². The van der Waals surface area contributed by atoms with Crippen molar-refractivity contribution in [2.24, 2.45) is 0 Å². The maximum atomic E-state index is 12.0. The highest BCUT2D eigenvalue weighted by molar-refractivity contribution is 9.10. The lowest BCUT2D eigenvalue weighted by Crippen LogP contribution is -2.42. The van der Waals surface area contributed by atoms with Gasteiger partial charge in [-0.25, -0.2) is 0 Å². The van der Waals surface area contributed by atoms with Crippen LogP contribution >= 0.6 is 15.9 Å². The Labute approximate surface area is 129 Å². The number of phenolic OH excluding ortho intramolecular Hbond substituents is 1. The SMILES string of the molecule is CC(C)N(CCNC(=O)c1ccc(Br)c(O)c1)C(C)C. The number of aromatic hydroxyl groups is 1. The number of carbonyl (C=O) groups excluding carboxylic acids is 1. The van der Waals surface area contributed by atoms with Crippen LogP contribution in [0.2, 0.25) is 0 Å². The molecule has 0 aliphatic rings. The molecule has 1 aromatic rings. The molecule has 2 N–H and O–H groups in total. The number of rotatable bonds is 6. The second-order valence-corrected chi connectivity index (χ2v) is 6.20. The zero-order valence-electron chi connectivity index (χ0n) is 12.5. The molecule has 4 nitrogen and oxygen atoms in total. The number of benzene rings is 1.